The van der Waals surface area contributed by atoms with E-state index in [4.69, 9.17) is 5.73 Å². The van der Waals surface area contributed by atoms with Gasteiger partial charge in [-0.1, -0.05) is 60.7 Å². The predicted octanol–water partition coefficient (Wildman–Crippen LogP) is 2.30. The van der Waals surface area contributed by atoms with Crippen molar-refractivity contribution in [2.75, 3.05) is 0 Å². The highest BCUT2D eigenvalue weighted by Gasteiger charge is 2.16. The quantitative estimate of drug-likeness (QED) is 0.854. The first-order chi connectivity index (χ1) is 10.1. The van der Waals surface area contributed by atoms with Gasteiger partial charge in [0.15, 0.2) is 0 Å². The minimum Gasteiger partial charge on any atom is -0.352 e. The smallest absolute Gasteiger partial charge is 0.237 e. The van der Waals surface area contributed by atoms with Gasteiger partial charge in [-0.25, -0.2) is 0 Å². The van der Waals surface area contributed by atoms with Crippen LogP contribution in [-0.4, -0.2) is 18.0 Å². The third-order valence-electron chi connectivity index (χ3n) is 3.41. The van der Waals surface area contributed by atoms with Crippen LogP contribution in [0.5, 0.6) is 0 Å². The van der Waals surface area contributed by atoms with Crippen molar-refractivity contribution in [1.29, 1.82) is 0 Å². The van der Waals surface area contributed by atoms with Crippen molar-refractivity contribution >= 4 is 5.91 Å². The number of rotatable bonds is 6. The Morgan fingerprint density at radius 3 is 1.95 bits per heavy atom. The molecule has 0 aromatic heterocycles. The average Bonchev–Trinajstić information content (AvgIpc) is 2.49. The fourth-order valence-corrected chi connectivity index (χ4v) is 2.33. The molecule has 3 N–H and O–H groups in total. The number of nitrogens with one attached hydrogen (secondary N) is 1. The first-order valence-electron chi connectivity index (χ1n) is 7.29. The monoisotopic (exact) mass is 282 g/mol. The molecule has 0 saturated heterocycles. The van der Waals surface area contributed by atoms with Gasteiger partial charge in [0.1, 0.15) is 0 Å². The summed E-state index contributed by atoms with van der Waals surface area (Å²) in [6, 6.07) is 19.5. The third kappa shape index (κ3) is 5.04. The maximum Gasteiger partial charge on any atom is 0.237 e. The van der Waals surface area contributed by atoms with Crippen molar-refractivity contribution in [3.05, 3.63) is 71.8 Å². The van der Waals surface area contributed by atoms with Crippen molar-refractivity contribution < 1.29 is 4.79 Å². The second-order valence-electron chi connectivity index (χ2n) is 5.40. The highest BCUT2D eigenvalue weighted by molar-refractivity contribution is 5.82. The van der Waals surface area contributed by atoms with Crippen molar-refractivity contribution in [3.8, 4) is 0 Å². The molecule has 0 aliphatic rings. The zero-order valence-electron chi connectivity index (χ0n) is 12.3. The Kier molecular flexibility index (Phi) is 5.52. The molecule has 21 heavy (non-hydrogen) atoms. The number of amides is 1. The number of carbonyl (C=O) groups is 1. The summed E-state index contributed by atoms with van der Waals surface area (Å²) in [5.74, 6) is -0.0951. The average molecular weight is 282 g/mol. The molecule has 2 atom stereocenters. The zero-order chi connectivity index (χ0) is 15.1. The van der Waals surface area contributed by atoms with Gasteiger partial charge in [0.2, 0.25) is 5.91 Å². The SMILES string of the molecule is C[C@@H](Cc1ccccc1)NC(=O)[C@@H](N)Cc1ccccc1. The van der Waals surface area contributed by atoms with Crippen LogP contribution in [0.3, 0.4) is 0 Å². The minimum atomic E-state index is -0.509. The van der Waals surface area contributed by atoms with Crippen molar-refractivity contribution in [1.82, 2.24) is 5.32 Å². The van der Waals surface area contributed by atoms with Gasteiger partial charge in [0, 0.05) is 6.04 Å². The van der Waals surface area contributed by atoms with Gasteiger partial charge in [-0.3, -0.25) is 4.79 Å². The van der Waals surface area contributed by atoms with Crippen LogP contribution in [0.25, 0.3) is 0 Å². The maximum absolute atomic E-state index is 12.1. The van der Waals surface area contributed by atoms with Crippen LogP contribution in [-0.2, 0) is 17.6 Å². The lowest BCUT2D eigenvalue weighted by Gasteiger charge is -2.17. The number of carbonyl (C=O) groups excluding carboxylic acids is 1. The molecular weight excluding hydrogens is 260 g/mol. The van der Waals surface area contributed by atoms with Crippen molar-refractivity contribution in [3.63, 3.8) is 0 Å². The molecule has 0 saturated carbocycles. The van der Waals surface area contributed by atoms with E-state index >= 15 is 0 Å². The van der Waals surface area contributed by atoms with Crippen molar-refractivity contribution in [2.45, 2.75) is 31.8 Å². The molecule has 0 aliphatic heterocycles. The Hall–Kier alpha value is -2.13. The summed E-state index contributed by atoms with van der Waals surface area (Å²) in [4.78, 5) is 12.1. The van der Waals surface area contributed by atoms with Gasteiger partial charge >= 0.3 is 0 Å². The predicted molar refractivity (Wildman–Crippen MR) is 85.9 cm³/mol. The summed E-state index contributed by atoms with van der Waals surface area (Å²) >= 11 is 0. The second-order valence-corrected chi connectivity index (χ2v) is 5.40. The third-order valence-corrected chi connectivity index (χ3v) is 3.41. The number of benzene rings is 2. The molecule has 110 valence electrons. The largest absolute Gasteiger partial charge is 0.352 e. The van der Waals surface area contributed by atoms with Gasteiger partial charge in [0.25, 0.3) is 0 Å². The topological polar surface area (TPSA) is 55.1 Å². The van der Waals surface area contributed by atoms with E-state index in [1.54, 1.807) is 0 Å². The Bertz CT molecular complexity index is 554. The lowest BCUT2D eigenvalue weighted by molar-refractivity contribution is -0.122. The minimum absolute atomic E-state index is 0.0710. The molecule has 2 rings (SSSR count). The van der Waals surface area contributed by atoms with Gasteiger partial charge in [-0.2, -0.15) is 0 Å². The van der Waals surface area contributed by atoms with Gasteiger partial charge in [-0.05, 0) is 30.9 Å². The molecule has 3 nitrogen and oxygen atoms in total. The Morgan fingerprint density at radius 1 is 0.952 bits per heavy atom. The Morgan fingerprint density at radius 2 is 1.43 bits per heavy atom. The maximum atomic E-state index is 12.1. The number of nitrogens with two attached hydrogens (primary N) is 1. The van der Waals surface area contributed by atoms with E-state index in [1.807, 2.05) is 55.5 Å². The molecule has 0 radical (unpaired) electrons. The summed E-state index contributed by atoms with van der Waals surface area (Å²) < 4.78 is 0. The summed E-state index contributed by atoms with van der Waals surface area (Å²) in [6.45, 7) is 2.00. The fraction of sp³-hybridized carbons (Fsp3) is 0.278. The molecule has 0 unspecified atom stereocenters. The molecule has 3 heteroatoms. The Labute approximate surface area is 126 Å². The molecule has 0 spiro atoms. The normalized spacial score (nSPS) is 13.4. The zero-order valence-corrected chi connectivity index (χ0v) is 12.3. The lowest BCUT2D eigenvalue weighted by atomic mass is 10.0. The van der Waals surface area contributed by atoms with E-state index in [2.05, 4.69) is 17.4 Å². The summed E-state index contributed by atoms with van der Waals surface area (Å²) in [5, 5.41) is 2.98. The molecule has 0 fully saturated rings. The van der Waals surface area contributed by atoms with E-state index < -0.39 is 6.04 Å². The Balaban J connectivity index is 1.83. The standard InChI is InChI=1S/C18H22N2O/c1-14(12-15-8-4-2-5-9-15)20-18(21)17(19)13-16-10-6-3-7-11-16/h2-11,14,17H,12-13,19H2,1H3,(H,20,21)/t14-,17-/m0/s1. The number of hydrogen-bond acceptors (Lipinski definition) is 2. The summed E-state index contributed by atoms with van der Waals surface area (Å²) in [7, 11) is 0. The summed E-state index contributed by atoms with van der Waals surface area (Å²) in [5.41, 5.74) is 8.27. The molecule has 0 aliphatic carbocycles. The van der Waals surface area contributed by atoms with Crippen LogP contribution in [0, 0.1) is 0 Å². The highest BCUT2D eigenvalue weighted by Crippen LogP contribution is 2.05. The molecule has 1 amide bonds. The summed E-state index contributed by atoms with van der Waals surface area (Å²) in [6.07, 6.45) is 1.37. The lowest BCUT2D eigenvalue weighted by Crippen LogP contribution is -2.46. The van der Waals surface area contributed by atoms with E-state index in [0.717, 1.165) is 12.0 Å². The first kappa shape index (κ1) is 15.3. The van der Waals surface area contributed by atoms with Crippen LogP contribution < -0.4 is 11.1 Å². The van der Waals surface area contributed by atoms with E-state index in [1.165, 1.54) is 5.56 Å². The first-order valence-corrected chi connectivity index (χ1v) is 7.29. The van der Waals surface area contributed by atoms with Gasteiger partial charge < -0.3 is 11.1 Å². The van der Waals surface area contributed by atoms with E-state index in [-0.39, 0.29) is 11.9 Å². The van der Waals surface area contributed by atoms with E-state index in [0.29, 0.717) is 6.42 Å². The molecule has 0 heterocycles. The molecule has 0 bridgehead atoms. The van der Waals surface area contributed by atoms with Crippen LogP contribution in [0.15, 0.2) is 60.7 Å². The van der Waals surface area contributed by atoms with Crippen LogP contribution in [0.4, 0.5) is 0 Å². The fourth-order valence-electron chi connectivity index (χ4n) is 2.33. The van der Waals surface area contributed by atoms with Gasteiger partial charge in [0.05, 0.1) is 6.04 Å². The van der Waals surface area contributed by atoms with E-state index in [9.17, 15) is 4.79 Å². The van der Waals surface area contributed by atoms with Crippen LogP contribution in [0.2, 0.25) is 0 Å². The second kappa shape index (κ2) is 7.60. The molecule has 2 aromatic carbocycles. The van der Waals surface area contributed by atoms with Gasteiger partial charge in [-0.15, -0.1) is 0 Å². The molecule has 2 aromatic rings. The van der Waals surface area contributed by atoms with Crippen molar-refractivity contribution in [2.24, 2.45) is 5.73 Å². The highest BCUT2D eigenvalue weighted by atomic mass is 16.2. The van der Waals surface area contributed by atoms with Crippen LogP contribution >= 0.6 is 0 Å². The number of hydrogen-bond donors (Lipinski definition) is 2. The molecular formula is C18H22N2O. The van der Waals surface area contributed by atoms with Crippen LogP contribution in [0.1, 0.15) is 18.1 Å².